The van der Waals surface area contributed by atoms with Gasteiger partial charge < -0.3 is 10.1 Å². The monoisotopic (exact) mass is 462 g/mol. The third-order valence-corrected chi connectivity index (χ3v) is 6.12. The number of nitrogens with one attached hydrogen (secondary N) is 1. The molecule has 0 radical (unpaired) electrons. The molecule has 0 spiro atoms. The van der Waals surface area contributed by atoms with Crippen molar-refractivity contribution in [3.63, 3.8) is 0 Å². The Morgan fingerprint density at radius 1 is 1.12 bits per heavy atom. The van der Waals surface area contributed by atoms with Gasteiger partial charge in [-0.2, -0.15) is 5.10 Å². The van der Waals surface area contributed by atoms with Crippen molar-refractivity contribution in [2.45, 2.75) is 39.2 Å². The summed E-state index contributed by atoms with van der Waals surface area (Å²) < 4.78 is 36.4. The van der Waals surface area contributed by atoms with E-state index in [1.54, 1.807) is 6.92 Å². The highest BCUT2D eigenvalue weighted by Crippen LogP contribution is 2.35. The number of aryl methyl sites for hydroxylation is 1. The van der Waals surface area contributed by atoms with E-state index in [2.05, 4.69) is 15.4 Å². The van der Waals surface area contributed by atoms with Crippen LogP contribution in [0.4, 0.5) is 8.78 Å². The molecule has 0 bridgehead atoms. The third kappa shape index (κ3) is 3.59. The Balaban J connectivity index is 1.60. The van der Waals surface area contributed by atoms with Gasteiger partial charge in [0.25, 0.3) is 5.91 Å². The lowest BCUT2D eigenvalue weighted by Gasteiger charge is -2.27. The average Bonchev–Trinajstić information content (AvgIpc) is 3.14. The highest BCUT2D eigenvalue weighted by atomic mass is 19.1. The molecule has 34 heavy (non-hydrogen) atoms. The summed E-state index contributed by atoms with van der Waals surface area (Å²) in [4.78, 5) is 17.9. The molecular weight excluding hydrogens is 438 g/mol. The van der Waals surface area contributed by atoms with Crippen molar-refractivity contribution >= 4 is 11.6 Å². The Labute approximate surface area is 195 Å². The number of hydrogen-bond acceptors (Lipinski definition) is 4. The lowest BCUT2D eigenvalue weighted by atomic mass is 9.99. The van der Waals surface area contributed by atoms with E-state index < -0.39 is 11.6 Å². The van der Waals surface area contributed by atoms with Gasteiger partial charge in [-0.25, -0.2) is 18.3 Å². The van der Waals surface area contributed by atoms with Gasteiger partial charge >= 0.3 is 0 Å². The van der Waals surface area contributed by atoms with E-state index in [-0.39, 0.29) is 29.0 Å². The maximum atomic E-state index is 14.6. The molecule has 0 aliphatic carbocycles. The zero-order valence-corrected chi connectivity index (χ0v) is 19.1. The summed E-state index contributed by atoms with van der Waals surface area (Å²) in [6.45, 7) is 6.07. The highest BCUT2D eigenvalue weighted by molar-refractivity contribution is 5.96. The quantitative estimate of drug-likeness (QED) is 0.443. The fourth-order valence-electron chi connectivity index (χ4n) is 4.60. The molecule has 1 amide bonds. The fourth-order valence-corrected chi connectivity index (χ4v) is 4.60. The normalized spacial score (nSPS) is 15.3. The van der Waals surface area contributed by atoms with Crippen molar-refractivity contribution in [2.75, 3.05) is 6.61 Å². The topological polar surface area (TPSA) is 68.5 Å². The lowest BCUT2D eigenvalue weighted by molar-refractivity contribution is 0.0922. The zero-order valence-electron chi connectivity index (χ0n) is 19.1. The van der Waals surface area contributed by atoms with Crippen molar-refractivity contribution < 1.29 is 18.3 Å². The van der Waals surface area contributed by atoms with Crippen LogP contribution in [0.5, 0.6) is 5.75 Å². The second-order valence-electron chi connectivity index (χ2n) is 8.71. The minimum atomic E-state index is -0.689. The Kier molecular flexibility index (Phi) is 5.51. The standard InChI is InChI=1S/C26H24F2N4O2/c1-14(2)24-17(26(33)30-20-11-12-34-21-10-5-4-7-16(20)21)13-29-25-22(15(3)31-32(24)25)23-18(27)8-6-9-19(23)28/h4-10,13-14,20H,11-12H2,1-3H3,(H,30,33)/t20-/m0/s1. The van der Waals surface area contributed by atoms with E-state index in [0.717, 1.165) is 11.3 Å². The van der Waals surface area contributed by atoms with Crippen LogP contribution in [-0.2, 0) is 0 Å². The molecule has 4 aromatic rings. The molecule has 2 aromatic heterocycles. The molecule has 0 fully saturated rings. The molecule has 0 saturated heterocycles. The van der Waals surface area contributed by atoms with Crippen molar-refractivity contribution in [3.8, 4) is 16.9 Å². The maximum Gasteiger partial charge on any atom is 0.255 e. The predicted molar refractivity (Wildman–Crippen MR) is 124 cm³/mol. The molecular formula is C26H24F2N4O2. The predicted octanol–water partition coefficient (Wildman–Crippen LogP) is 5.36. The van der Waals surface area contributed by atoms with Gasteiger partial charge in [-0.15, -0.1) is 0 Å². The van der Waals surface area contributed by atoms with Crippen molar-refractivity contribution in [3.05, 3.63) is 82.8 Å². The molecule has 3 heterocycles. The summed E-state index contributed by atoms with van der Waals surface area (Å²) in [6.07, 6.45) is 2.11. The first kappa shape index (κ1) is 22.0. The molecule has 8 heteroatoms. The molecule has 1 atom stereocenters. The Morgan fingerprint density at radius 2 is 1.85 bits per heavy atom. The van der Waals surface area contributed by atoms with E-state index >= 15 is 0 Å². The largest absolute Gasteiger partial charge is 0.493 e. The van der Waals surface area contributed by atoms with Gasteiger partial charge in [0.15, 0.2) is 5.65 Å². The summed E-state index contributed by atoms with van der Waals surface area (Å²) in [5, 5.41) is 7.64. The average molecular weight is 463 g/mol. The lowest BCUT2D eigenvalue weighted by Crippen LogP contribution is -2.33. The summed E-state index contributed by atoms with van der Waals surface area (Å²) in [5.74, 6) is -1.01. The number of amides is 1. The maximum absolute atomic E-state index is 14.6. The molecule has 1 N–H and O–H groups in total. The van der Waals surface area contributed by atoms with Crippen LogP contribution in [0.3, 0.4) is 0 Å². The number of aromatic nitrogens is 3. The van der Waals surface area contributed by atoms with Crippen LogP contribution in [0.1, 0.15) is 59.5 Å². The first-order valence-corrected chi connectivity index (χ1v) is 11.2. The van der Waals surface area contributed by atoms with Gasteiger partial charge in [0.1, 0.15) is 17.4 Å². The number of benzene rings is 2. The van der Waals surface area contributed by atoms with Gasteiger partial charge in [0.2, 0.25) is 0 Å². The summed E-state index contributed by atoms with van der Waals surface area (Å²) in [7, 11) is 0. The van der Waals surface area contributed by atoms with Crippen molar-refractivity contribution in [2.24, 2.45) is 0 Å². The summed E-state index contributed by atoms with van der Waals surface area (Å²) in [5.41, 5.74) is 2.75. The fraction of sp³-hybridized carbons (Fsp3) is 0.269. The third-order valence-electron chi connectivity index (χ3n) is 6.12. The number of para-hydroxylation sites is 1. The number of carbonyl (C=O) groups is 1. The number of nitrogens with zero attached hydrogens (tertiary/aromatic N) is 3. The van der Waals surface area contributed by atoms with Crippen LogP contribution in [0.15, 0.2) is 48.7 Å². The van der Waals surface area contributed by atoms with Crippen LogP contribution in [0.25, 0.3) is 16.8 Å². The van der Waals surface area contributed by atoms with E-state index in [1.807, 2.05) is 38.1 Å². The molecule has 1 aliphatic heterocycles. The molecule has 6 nitrogen and oxygen atoms in total. The second kappa shape index (κ2) is 8.52. The van der Waals surface area contributed by atoms with E-state index in [9.17, 15) is 13.6 Å². The number of ether oxygens (including phenoxy) is 1. The highest BCUT2D eigenvalue weighted by Gasteiger charge is 2.28. The number of carbonyl (C=O) groups excluding carboxylic acids is 1. The number of hydrogen-bond donors (Lipinski definition) is 1. The molecule has 0 saturated carbocycles. The Bertz CT molecular complexity index is 1390. The minimum Gasteiger partial charge on any atom is -0.493 e. The zero-order chi connectivity index (χ0) is 24.0. The first-order chi connectivity index (χ1) is 16.4. The molecule has 1 aliphatic rings. The van der Waals surface area contributed by atoms with E-state index in [1.165, 1.54) is 28.9 Å². The van der Waals surface area contributed by atoms with Gasteiger partial charge in [0.05, 0.1) is 40.7 Å². The van der Waals surface area contributed by atoms with Crippen LogP contribution in [0.2, 0.25) is 0 Å². The molecule has 5 rings (SSSR count). The van der Waals surface area contributed by atoms with Crippen LogP contribution >= 0.6 is 0 Å². The van der Waals surface area contributed by atoms with Crippen LogP contribution < -0.4 is 10.1 Å². The molecule has 0 unspecified atom stereocenters. The second-order valence-corrected chi connectivity index (χ2v) is 8.71. The first-order valence-electron chi connectivity index (χ1n) is 11.2. The Hall–Kier alpha value is -3.81. The number of halogens is 2. The van der Waals surface area contributed by atoms with Gasteiger partial charge in [-0.1, -0.05) is 38.1 Å². The smallest absolute Gasteiger partial charge is 0.255 e. The van der Waals surface area contributed by atoms with Crippen molar-refractivity contribution in [1.29, 1.82) is 0 Å². The minimum absolute atomic E-state index is 0.106. The van der Waals surface area contributed by atoms with E-state index in [0.29, 0.717) is 35.6 Å². The van der Waals surface area contributed by atoms with Crippen LogP contribution in [-0.4, -0.2) is 27.1 Å². The number of fused-ring (bicyclic) bond motifs is 2. The van der Waals surface area contributed by atoms with Crippen LogP contribution in [0, 0.1) is 18.6 Å². The summed E-state index contributed by atoms with van der Waals surface area (Å²) >= 11 is 0. The SMILES string of the molecule is Cc1nn2c(C(C)C)c(C(=O)N[C@H]3CCOc4ccccc43)cnc2c1-c1c(F)cccc1F. The van der Waals surface area contributed by atoms with Gasteiger partial charge in [-0.3, -0.25) is 4.79 Å². The van der Waals surface area contributed by atoms with E-state index in [4.69, 9.17) is 4.74 Å². The number of rotatable bonds is 4. The summed E-state index contributed by atoms with van der Waals surface area (Å²) in [6, 6.07) is 11.2. The molecule has 174 valence electrons. The van der Waals surface area contributed by atoms with Gasteiger partial charge in [0, 0.05) is 18.2 Å². The Morgan fingerprint density at radius 3 is 2.59 bits per heavy atom. The molecule has 2 aromatic carbocycles. The van der Waals surface area contributed by atoms with Gasteiger partial charge in [-0.05, 0) is 31.0 Å². The van der Waals surface area contributed by atoms with Crippen molar-refractivity contribution in [1.82, 2.24) is 19.9 Å².